The van der Waals surface area contributed by atoms with E-state index < -0.39 is 4.92 Å². The quantitative estimate of drug-likeness (QED) is 0.185. The molecular formula is C26H25N5O3S. The monoisotopic (exact) mass is 487 g/mol. The predicted molar refractivity (Wildman–Crippen MR) is 138 cm³/mol. The lowest BCUT2D eigenvalue weighted by Gasteiger charge is -2.14. The molecule has 1 heterocycles. The first-order chi connectivity index (χ1) is 17.0. The third kappa shape index (κ3) is 5.41. The number of amides is 1. The SMILES string of the molecule is CCc1cccc(CC)c1NC(=O)CSc1nnc(-c2cccc([N+](=O)[O-])c2)n1-c1ccccc1. The fourth-order valence-electron chi connectivity index (χ4n) is 3.83. The number of para-hydroxylation sites is 2. The average Bonchev–Trinajstić information content (AvgIpc) is 3.32. The van der Waals surface area contributed by atoms with E-state index in [0.717, 1.165) is 35.3 Å². The smallest absolute Gasteiger partial charge is 0.270 e. The summed E-state index contributed by atoms with van der Waals surface area (Å²) in [4.78, 5) is 23.7. The van der Waals surface area contributed by atoms with Crippen LogP contribution in [0, 0.1) is 10.1 Å². The maximum absolute atomic E-state index is 12.9. The average molecular weight is 488 g/mol. The number of carbonyl (C=O) groups is 1. The number of aromatic nitrogens is 3. The zero-order valence-electron chi connectivity index (χ0n) is 19.5. The third-order valence-corrected chi connectivity index (χ3v) is 6.49. The molecule has 0 aliphatic heterocycles. The molecule has 1 aromatic heterocycles. The number of nitrogens with zero attached hydrogens (tertiary/aromatic N) is 4. The van der Waals surface area contributed by atoms with Gasteiger partial charge in [-0.1, -0.05) is 74.1 Å². The fourth-order valence-corrected chi connectivity index (χ4v) is 4.58. The number of aryl methyl sites for hydroxylation is 2. The molecule has 0 aliphatic rings. The number of nitrogens with one attached hydrogen (secondary N) is 1. The number of nitro groups is 1. The molecule has 1 N–H and O–H groups in total. The first kappa shape index (κ1) is 24.2. The Hall–Kier alpha value is -3.98. The number of anilines is 1. The summed E-state index contributed by atoms with van der Waals surface area (Å²) in [6.07, 6.45) is 1.65. The molecule has 0 atom stereocenters. The number of benzene rings is 3. The predicted octanol–water partition coefficient (Wildman–Crippen LogP) is 5.70. The Morgan fingerprint density at radius 3 is 2.31 bits per heavy atom. The second-order valence-corrected chi connectivity index (χ2v) is 8.72. The molecule has 0 aliphatic carbocycles. The Bertz CT molecular complexity index is 1330. The second-order valence-electron chi connectivity index (χ2n) is 7.78. The maximum Gasteiger partial charge on any atom is 0.270 e. The highest BCUT2D eigenvalue weighted by Crippen LogP contribution is 2.30. The van der Waals surface area contributed by atoms with Crippen molar-refractivity contribution in [3.8, 4) is 17.1 Å². The molecular weight excluding hydrogens is 462 g/mol. The van der Waals surface area contributed by atoms with Gasteiger partial charge in [0, 0.05) is 29.1 Å². The van der Waals surface area contributed by atoms with Crippen molar-refractivity contribution in [2.24, 2.45) is 0 Å². The van der Waals surface area contributed by atoms with E-state index >= 15 is 0 Å². The number of nitro benzene ring substituents is 1. The van der Waals surface area contributed by atoms with E-state index in [9.17, 15) is 14.9 Å². The van der Waals surface area contributed by atoms with Gasteiger partial charge in [0.15, 0.2) is 11.0 Å². The van der Waals surface area contributed by atoms with Crippen LogP contribution in [0.2, 0.25) is 0 Å². The van der Waals surface area contributed by atoms with Crippen molar-refractivity contribution in [3.05, 3.63) is 94.0 Å². The van der Waals surface area contributed by atoms with Gasteiger partial charge in [-0.25, -0.2) is 0 Å². The number of thioether (sulfide) groups is 1. The van der Waals surface area contributed by atoms with E-state index in [0.29, 0.717) is 16.5 Å². The van der Waals surface area contributed by atoms with Crippen LogP contribution >= 0.6 is 11.8 Å². The number of non-ortho nitro benzene ring substituents is 1. The van der Waals surface area contributed by atoms with Gasteiger partial charge in [0.1, 0.15) is 0 Å². The standard InChI is InChI=1S/C26H25N5O3S/c1-3-18-10-8-11-19(4-2)24(18)27-23(32)17-35-26-29-28-25(30(26)21-13-6-5-7-14-21)20-12-9-15-22(16-20)31(33)34/h5-16H,3-4,17H2,1-2H3,(H,27,32). The van der Waals surface area contributed by atoms with Gasteiger partial charge in [-0.3, -0.25) is 19.5 Å². The third-order valence-electron chi connectivity index (χ3n) is 5.56. The van der Waals surface area contributed by atoms with Crippen molar-refractivity contribution in [2.75, 3.05) is 11.1 Å². The van der Waals surface area contributed by atoms with Crippen molar-refractivity contribution in [1.82, 2.24) is 14.8 Å². The van der Waals surface area contributed by atoms with E-state index in [1.165, 1.54) is 23.9 Å². The Morgan fingerprint density at radius 2 is 1.66 bits per heavy atom. The van der Waals surface area contributed by atoms with Crippen LogP contribution < -0.4 is 5.32 Å². The Labute approximate surface area is 207 Å². The minimum absolute atomic E-state index is 0.0278. The summed E-state index contributed by atoms with van der Waals surface area (Å²) in [7, 11) is 0. The number of carbonyl (C=O) groups excluding carboxylic acids is 1. The van der Waals surface area contributed by atoms with Gasteiger partial charge in [-0.15, -0.1) is 10.2 Å². The zero-order chi connectivity index (χ0) is 24.8. The summed E-state index contributed by atoms with van der Waals surface area (Å²) in [5, 5.41) is 23.5. The highest BCUT2D eigenvalue weighted by molar-refractivity contribution is 7.99. The largest absolute Gasteiger partial charge is 0.325 e. The molecule has 0 unspecified atom stereocenters. The summed E-state index contributed by atoms with van der Waals surface area (Å²) in [5.41, 5.74) is 4.42. The number of rotatable bonds is 9. The van der Waals surface area contributed by atoms with Crippen LogP contribution in [-0.4, -0.2) is 31.3 Å². The topological polar surface area (TPSA) is 103 Å². The number of hydrogen-bond acceptors (Lipinski definition) is 6. The van der Waals surface area contributed by atoms with Crippen LogP contribution in [0.15, 0.2) is 78.0 Å². The minimum atomic E-state index is -0.439. The van der Waals surface area contributed by atoms with Crippen LogP contribution in [0.4, 0.5) is 11.4 Å². The van der Waals surface area contributed by atoms with E-state index in [4.69, 9.17) is 0 Å². The maximum atomic E-state index is 12.9. The van der Waals surface area contributed by atoms with Gasteiger partial charge in [-0.2, -0.15) is 0 Å². The van der Waals surface area contributed by atoms with Crippen molar-refractivity contribution >= 4 is 29.0 Å². The molecule has 0 radical (unpaired) electrons. The normalized spacial score (nSPS) is 10.8. The summed E-state index contributed by atoms with van der Waals surface area (Å²) in [5.74, 6) is 0.471. The lowest BCUT2D eigenvalue weighted by Crippen LogP contribution is -2.17. The molecule has 178 valence electrons. The molecule has 35 heavy (non-hydrogen) atoms. The van der Waals surface area contributed by atoms with Crippen LogP contribution in [0.1, 0.15) is 25.0 Å². The zero-order valence-corrected chi connectivity index (χ0v) is 20.3. The Kier molecular flexibility index (Phi) is 7.57. The summed E-state index contributed by atoms with van der Waals surface area (Å²) >= 11 is 1.27. The molecule has 3 aromatic carbocycles. The van der Waals surface area contributed by atoms with Crippen molar-refractivity contribution in [2.45, 2.75) is 31.8 Å². The van der Waals surface area contributed by atoms with Crippen molar-refractivity contribution < 1.29 is 9.72 Å². The molecule has 4 rings (SSSR count). The lowest BCUT2D eigenvalue weighted by molar-refractivity contribution is -0.384. The first-order valence-corrected chi connectivity index (χ1v) is 12.3. The molecule has 8 nitrogen and oxygen atoms in total. The van der Waals surface area contributed by atoms with E-state index in [1.54, 1.807) is 12.1 Å². The molecule has 0 saturated heterocycles. The van der Waals surface area contributed by atoms with Gasteiger partial charge in [0.05, 0.1) is 10.7 Å². The van der Waals surface area contributed by atoms with Crippen LogP contribution in [0.3, 0.4) is 0 Å². The molecule has 0 spiro atoms. The first-order valence-electron chi connectivity index (χ1n) is 11.3. The molecule has 0 bridgehead atoms. The van der Waals surface area contributed by atoms with Crippen LogP contribution in [0.5, 0.6) is 0 Å². The van der Waals surface area contributed by atoms with Gasteiger partial charge in [-0.05, 0) is 36.1 Å². The number of hydrogen-bond donors (Lipinski definition) is 1. The van der Waals surface area contributed by atoms with Gasteiger partial charge < -0.3 is 5.32 Å². The highest BCUT2D eigenvalue weighted by atomic mass is 32.2. The minimum Gasteiger partial charge on any atom is -0.325 e. The van der Waals surface area contributed by atoms with Crippen molar-refractivity contribution in [1.29, 1.82) is 0 Å². The van der Waals surface area contributed by atoms with E-state index in [1.807, 2.05) is 53.1 Å². The molecule has 0 fully saturated rings. The highest BCUT2D eigenvalue weighted by Gasteiger charge is 2.19. The summed E-state index contributed by atoms with van der Waals surface area (Å²) < 4.78 is 1.81. The van der Waals surface area contributed by atoms with Gasteiger partial charge in [0.2, 0.25) is 5.91 Å². The van der Waals surface area contributed by atoms with Crippen LogP contribution in [-0.2, 0) is 17.6 Å². The Balaban J connectivity index is 1.62. The Morgan fingerprint density at radius 1 is 0.971 bits per heavy atom. The summed E-state index contributed by atoms with van der Waals surface area (Å²) in [6.45, 7) is 4.13. The molecule has 0 saturated carbocycles. The molecule has 4 aromatic rings. The molecule has 1 amide bonds. The van der Waals surface area contributed by atoms with E-state index in [2.05, 4.69) is 29.4 Å². The molecule has 9 heteroatoms. The lowest BCUT2D eigenvalue weighted by atomic mass is 10.0. The van der Waals surface area contributed by atoms with Gasteiger partial charge >= 0.3 is 0 Å². The summed E-state index contributed by atoms with van der Waals surface area (Å²) in [6, 6.07) is 21.8. The van der Waals surface area contributed by atoms with Gasteiger partial charge in [0.25, 0.3) is 5.69 Å². The van der Waals surface area contributed by atoms with E-state index in [-0.39, 0.29) is 17.3 Å². The van der Waals surface area contributed by atoms with Crippen molar-refractivity contribution in [3.63, 3.8) is 0 Å². The second kappa shape index (κ2) is 11.0. The fraction of sp³-hybridized carbons (Fsp3) is 0.192. The van der Waals surface area contributed by atoms with Crippen LogP contribution in [0.25, 0.3) is 17.1 Å².